The predicted molar refractivity (Wildman–Crippen MR) is 126 cm³/mol. The second kappa shape index (κ2) is 9.69. The number of nitrogens with zero attached hydrogens (tertiary/aromatic N) is 1. The van der Waals surface area contributed by atoms with E-state index in [4.69, 9.17) is 27.9 Å². The van der Waals surface area contributed by atoms with Gasteiger partial charge in [-0.3, -0.25) is 4.79 Å². The van der Waals surface area contributed by atoms with E-state index in [0.29, 0.717) is 12.8 Å². The lowest BCUT2D eigenvalue weighted by Gasteiger charge is -2.50. The van der Waals surface area contributed by atoms with Crippen molar-refractivity contribution in [3.05, 3.63) is 69.7 Å². The molecule has 9 heteroatoms. The number of hydrogen-bond acceptors (Lipinski definition) is 3. The van der Waals surface area contributed by atoms with Crippen molar-refractivity contribution in [1.29, 1.82) is 0 Å². The number of methoxy groups -OCH3 is 1. The normalized spacial score (nSPS) is 22.4. The number of hydrogen-bond donors (Lipinski definition) is 1. The van der Waals surface area contributed by atoms with Crippen molar-refractivity contribution < 1.29 is 22.7 Å². The van der Waals surface area contributed by atoms with Gasteiger partial charge in [0.05, 0.1) is 0 Å². The molecular formula is C25H27Cl2F3N2O2. The maximum atomic E-state index is 14.5. The second-order valence-electron chi connectivity index (χ2n) is 9.11. The van der Waals surface area contributed by atoms with E-state index in [9.17, 15) is 18.0 Å². The van der Waals surface area contributed by atoms with Crippen LogP contribution < -0.4 is 5.32 Å². The average molecular weight is 515 g/mol. The molecule has 0 saturated carbocycles. The third-order valence-electron chi connectivity index (χ3n) is 7.41. The topological polar surface area (TPSA) is 41.6 Å². The Morgan fingerprint density at radius 3 is 2.24 bits per heavy atom. The highest BCUT2D eigenvalue weighted by atomic mass is 35.5. The number of ether oxygens (including phenoxy) is 1. The first-order valence-electron chi connectivity index (χ1n) is 11.3. The number of carbonyl (C=O) groups excluding carboxylic acids is 1. The zero-order chi connectivity index (χ0) is 24.6. The Bertz CT molecular complexity index is 1010. The molecule has 1 unspecified atom stereocenters. The van der Waals surface area contributed by atoms with Crippen molar-refractivity contribution in [3.63, 3.8) is 0 Å². The number of alkyl halides is 3. The molecule has 0 bridgehead atoms. The Labute approximate surface area is 207 Å². The Hall–Kier alpha value is -1.80. The van der Waals surface area contributed by atoms with Crippen molar-refractivity contribution in [2.24, 2.45) is 5.41 Å². The Balaban J connectivity index is 1.63. The summed E-state index contributed by atoms with van der Waals surface area (Å²) >= 11 is 12.0. The monoisotopic (exact) mass is 514 g/mol. The average Bonchev–Trinajstić information content (AvgIpc) is 2.80. The summed E-state index contributed by atoms with van der Waals surface area (Å²) < 4.78 is 48.5. The van der Waals surface area contributed by atoms with E-state index in [1.807, 2.05) is 18.2 Å². The predicted octanol–water partition coefficient (Wildman–Crippen LogP) is 5.78. The molecule has 2 aliphatic heterocycles. The molecule has 1 spiro atoms. The Kier molecular flexibility index (Phi) is 7.21. The van der Waals surface area contributed by atoms with Gasteiger partial charge in [0.2, 0.25) is 0 Å². The second-order valence-corrected chi connectivity index (χ2v) is 9.99. The molecule has 1 amide bonds. The van der Waals surface area contributed by atoms with Gasteiger partial charge in [0, 0.05) is 48.3 Å². The lowest BCUT2D eigenvalue weighted by Crippen LogP contribution is -2.59. The summed E-state index contributed by atoms with van der Waals surface area (Å²) in [6, 6.07) is 13.7. The Morgan fingerprint density at radius 2 is 1.68 bits per heavy atom. The van der Waals surface area contributed by atoms with Gasteiger partial charge in [-0.05, 0) is 55.0 Å². The summed E-state index contributed by atoms with van der Waals surface area (Å²) in [7, 11) is 0.893. The fourth-order valence-electron chi connectivity index (χ4n) is 5.59. The molecule has 184 valence electrons. The molecule has 1 N–H and O–H groups in total. The van der Waals surface area contributed by atoms with Gasteiger partial charge in [0.15, 0.2) is 0 Å². The summed E-state index contributed by atoms with van der Waals surface area (Å²) in [6.07, 6.45) is -2.86. The van der Waals surface area contributed by atoms with Gasteiger partial charge in [-0.2, -0.15) is 13.2 Å². The van der Waals surface area contributed by atoms with Crippen LogP contribution in [0.1, 0.15) is 36.3 Å². The lowest BCUT2D eigenvalue weighted by atomic mass is 9.62. The molecule has 0 aromatic heterocycles. The fourth-order valence-corrected chi connectivity index (χ4v) is 6.12. The van der Waals surface area contributed by atoms with Crippen LogP contribution in [0.15, 0.2) is 48.5 Å². The van der Waals surface area contributed by atoms with Crippen LogP contribution in [0.3, 0.4) is 0 Å². The first-order chi connectivity index (χ1) is 16.1. The number of halogens is 5. The molecule has 2 heterocycles. The van der Waals surface area contributed by atoms with Gasteiger partial charge in [-0.1, -0.05) is 53.5 Å². The molecule has 2 saturated heterocycles. The molecule has 2 atom stereocenters. The highest BCUT2D eigenvalue weighted by Gasteiger charge is 2.64. The van der Waals surface area contributed by atoms with Gasteiger partial charge in [0.25, 0.3) is 11.5 Å². The van der Waals surface area contributed by atoms with Crippen molar-refractivity contribution in [2.45, 2.75) is 37.0 Å². The smallest absolute Gasteiger partial charge is 0.356 e. The summed E-state index contributed by atoms with van der Waals surface area (Å²) in [5.74, 6) is -0.901. The number of likely N-dealkylation sites (tertiary alicyclic amines) is 1. The number of nitrogens with one attached hydrogen (secondary N) is 1. The van der Waals surface area contributed by atoms with E-state index in [1.165, 1.54) is 16.5 Å². The van der Waals surface area contributed by atoms with Crippen molar-refractivity contribution in [1.82, 2.24) is 10.2 Å². The number of carbonyl (C=O) groups is 1. The summed E-state index contributed by atoms with van der Waals surface area (Å²) in [5.41, 5.74) is -2.46. The molecule has 2 aromatic rings. The highest BCUT2D eigenvalue weighted by Crippen LogP contribution is 2.50. The number of benzene rings is 2. The van der Waals surface area contributed by atoms with Gasteiger partial charge in [-0.25, -0.2) is 0 Å². The minimum Gasteiger partial charge on any atom is -0.356 e. The number of rotatable bonds is 4. The van der Waals surface area contributed by atoms with Crippen LogP contribution >= 0.6 is 23.2 Å². The van der Waals surface area contributed by atoms with Crippen LogP contribution in [0.4, 0.5) is 13.2 Å². The molecule has 0 aliphatic carbocycles. The molecule has 34 heavy (non-hydrogen) atoms. The van der Waals surface area contributed by atoms with E-state index >= 15 is 0 Å². The maximum absolute atomic E-state index is 14.5. The van der Waals surface area contributed by atoms with E-state index in [-0.39, 0.29) is 34.5 Å². The van der Waals surface area contributed by atoms with Crippen LogP contribution in [-0.4, -0.2) is 50.3 Å². The van der Waals surface area contributed by atoms with Crippen LogP contribution in [0.5, 0.6) is 0 Å². The number of amides is 1. The maximum Gasteiger partial charge on any atom is 0.430 e. The molecule has 2 aromatic carbocycles. The van der Waals surface area contributed by atoms with Crippen molar-refractivity contribution >= 4 is 29.1 Å². The first kappa shape index (κ1) is 25.3. The molecule has 2 aliphatic rings. The molecule has 2 fully saturated rings. The summed E-state index contributed by atoms with van der Waals surface area (Å²) in [5, 5.41) is 3.45. The number of piperidine rings is 2. The largest absolute Gasteiger partial charge is 0.430 e. The Morgan fingerprint density at radius 1 is 1.06 bits per heavy atom. The molecule has 4 nitrogen and oxygen atoms in total. The summed E-state index contributed by atoms with van der Waals surface area (Å²) in [6.45, 7) is 2.10. The fraction of sp³-hybridized carbons (Fsp3) is 0.480. The van der Waals surface area contributed by atoms with Gasteiger partial charge >= 0.3 is 6.18 Å². The molecule has 4 rings (SSSR count). The zero-order valence-electron chi connectivity index (χ0n) is 18.8. The molecular weight excluding hydrogens is 488 g/mol. The highest BCUT2D eigenvalue weighted by molar-refractivity contribution is 6.34. The minimum absolute atomic E-state index is 0.000944. The van der Waals surface area contributed by atoms with Crippen molar-refractivity contribution in [2.75, 3.05) is 33.3 Å². The standard InChI is InChI=1S/C25H27Cl2F3N2O2/c1-34-24(25(28,29)30,18-13-19(26)15-20(27)14-18)22(33)32-11-8-23(9-12-32)7-10-31-16-21(23)17-5-3-2-4-6-17/h2-6,13-15,21,31H,7-12,16H2,1H3/t21-,24?/m0/s1. The quantitative estimate of drug-likeness (QED) is 0.561. The van der Waals surface area contributed by atoms with Crippen LogP contribution in [-0.2, 0) is 15.1 Å². The third-order valence-corrected chi connectivity index (χ3v) is 7.85. The zero-order valence-corrected chi connectivity index (χ0v) is 20.3. The third kappa shape index (κ3) is 4.43. The lowest BCUT2D eigenvalue weighted by molar-refractivity contribution is -0.271. The summed E-state index contributed by atoms with van der Waals surface area (Å²) in [4.78, 5) is 14.8. The van der Waals surface area contributed by atoms with E-state index in [2.05, 4.69) is 17.4 Å². The van der Waals surface area contributed by atoms with E-state index in [0.717, 1.165) is 38.8 Å². The van der Waals surface area contributed by atoms with Crippen LogP contribution in [0.25, 0.3) is 0 Å². The van der Waals surface area contributed by atoms with Crippen molar-refractivity contribution in [3.8, 4) is 0 Å². The van der Waals surface area contributed by atoms with E-state index in [1.54, 1.807) is 0 Å². The first-order valence-corrected chi connectivity index (χ1v) is 12.0. The van der Waals surface area contributed by atoms with Crippen LogP contribution in [0.2, 0.25) is 10.0 Å². The van der Waals surface area contributed by atoms with Gasteiger partial charge < -0.3 is 15.0 Å². The minimum atomic E-state index is -5.01. The van der Waals surface area contributed by atoms with E-state index < -0.39 is 23.2 Å². The van der Waals surface area contributed by atoms with Gasteiger partial charge in [-0.15, -0.1) is 0 Å². The van der Waals surface area contributed by atoms with Crippen LogP contribution in [0, 0.1) is 5.41 Å². The SMILES string of the molecule is COC(C(=O)N1CCC2(CCNC[C@H]2c2ccccc2)CC1)(c1cc(Cl)cc(Cl)c1)C(F)(F)F. The van der Waals surface area contributed by atoms with Gasteiger partial charge in [0.1, 0.15) is 0 Å². The molecule has 0 radical (unpaired) electrons.